The zero-order chi connectivity index (χ0) is 16.7. The van der Waals surface area contributed by atoms with Crippen LogP contribution in [-0.4, -0.2) is 55.0 Å². The second kappa shape index (κ2) is 7.51. The predicted molar refractivity (Wildman–Crippen MR) is 100 cm³/mol. The molecule has 0 aromatic heterocycles. The summed E-state index contributed by atoms with van der Waals surface area (Å²) in [4.78, 5) is 28.8. The Hall–Kier alpha value is -1.31. The van der Waals surface area contributed by atoms with Gasteiger partial charge in [0.25, 0.3) is 5.91 Å². The number of carbonyl (C=O) groups excluding carboxylic acids is 2. The average Bonchev–Trinajstić information content (AvgIpc) is 2.83. The Morgan fingerprint density at radius 3 is 2.92 bits per heavy atom. The second-order valence-electron chi connectivity index (χ2n) is 6.56. The first-order valence-electron chi connectivity index (χ1n) is 8.38. The molecule has 1 aromatic rings. The van der Waals surface area contributed by atoms with Gasteiger partial charge in [0.1, 0.15) is 12.3 Å². The number of benzene rings is 1. The van der Waals surface area contributed by atoms with Gasteiger partial charge in [0, 0.05) is 23.1 Å². The minimum absolute atomic E-state index is 0. The summed E-state index contributed by atoms with van der Waals surface area (Å²) < 4.78 is 6.38. The van der Waals surface area contributed by atoms with E-state index >= 15 is 0 Å². The first-order chi connectivity index (χ1) is 11.6. The molecule has 0 radical (unpaired) electrons. The summed E-state index contributed by atoms with van der Waals surface area (Å²) in [5.74, 6) is 0.506. The van der Waals surface area contributed by atoms with E-state index in [9.17, 15) is 9.59 Å². The summed E-state index contributed by atoms with van der Waals surface area (Å²) in [6.45, 7) is 1.87. The zero-order valence-corrected chi connectivity index (χ0v) is 16.1. The molecule has 8 heteroatoms. The number of halogens is 2. The summed E-state index contributed by atoms with van der Waals surface area (Å²) in [5, 5.41) is 3.40. The van der Waals surface area contributed by atoms with E-state index < -0.39 is 0 Å². The van der Waals surface area contributed by atoms with Crippen LogP contribution in [0.4, 0.5) is 5.69 Å². The average molecular weight is 431 g/mol. The van der Waals surface area contributed by atoms with Crippen LogP contribution in [0.1, 0.15) is 19.3 Å². The van der Waals surface area contributed by atoms with Gasteiger partial charge in [0.2, 0.25) is 5.91 Å². The number of anilines is 1. The maximum absolute atomic E-state index is 13.0. The van der Waals surface area contributed by atoms with E-state index in [0.29, 0.717) is 17.5 Å². The highest BCUT2D eigenvalue weighted by molar-refractivity contribution is 9.10. The molecule has 2 bridgehead atoms. The van der Waals surface area contributed by atoms with E-state index in [4.69, 9.17) is 4.74 Å². The molecule has 4 rings (SSSR count). The summed E-state index contributed by atoms with van der Waals surface area (Å²) in [6.07, 6.45) is 3.10. The smallest absolute Gasteiger partial charge is 0.265 e. The first kappa shape index (κ1) is 18.5. The molecule has 3 aliphatic rings. The normalized spacial score (nSPS) is 24.9. The molecule has 0 saturated carbocycles. The van der Waals surface area contributed by atoms with Gasteiger partial charge in [-0.1, -0.05) is 15.9 Å². The molecule has 0 aliphatic carbocycles. The maximum atomic E-state index is 13.0. The van der Waals surface area contributed by atoms with Crippen molar-refractivity contribution >= 4 is 45.8 Å². The van der Waals surface area contributed by atoms with Gasteiger partial charge in [-0.25, -0.2) is 0 Å². The molecule has 1 N–H and O–H groups in total. The van der Waals surface area contributed by atoms with Crippen LogP contribution in [0.5, 0.6) is 5.75 Å². The Morgan fingerprint density at radius 2 is 2.08 bits per heavy atom. The lowest BCUT2D eigenvalue weighted by Crippen LogP contribution is -2.50. The minimum atomic E-state index is -0.168. The number of ether oxygens (including phenoxy) is 1. The number of nitrogens with one attached hydrogen (secondary N) is 1. The Kier molecular flexibility index (Phi) is 5.55. The highest BCUT2D eigenvalue weighted by Gasteiger charge is 2.39. The van der Waals surface area contributed by atoms with Crippen molar-refractivity contribution in [3.8, 4) is 5.75 Å². The molecule has 2 fully saturated rings. The van der Waals surface area contributed by atoms with Crippen LogP contribution in [0.3, 0.4) is 0 Å². The van der Waals surface area contributed by atoms with E-state index in [1.54, 1.807) is 4.90 Å². The number of amides is 2. The molecule has 2 unspecified atom stereocenters. The summed E-state index contributed by atoms with van der Waals surface area (Å²) in [5.41, 5.74) is 0.670. The van der Waals surface area contributed by atoms with E-state index in [1.165, 1.54) is 0 Å². The topological polar surface area (TPSA) is 61.9 Å². The molecule has 25 heavy (non-hydrogen) atoms. The molecule has 6 nitrogen and oxygen atoms in total. The lowest BCUT2D eigenvalue weighted by Gasteiger charge is -2.33. The van der Waals surface area contributed by atoms with Crippen molar-refractivity contribution < 1.29 is 14.3 Å². The van der Waals surface area contributed by atoms with Crippen molar-refractivity contribution in [2.75, 3.05) is 31.1 Å². The Labute approximate surface area is 161 Å². The third-order valence-electron chi connectivity index (χ3n) is 5.10. The lowest BCUT2D eigenvalue weighted by atomic mass is 10.1. The Bertz CT molecular complexity index is 673. The van der Waals surface area contributed by atoms with Crippen LogP contribution in [0.25, 0.3) is 0 Å². The first-order valence-corrected chi connectivity index (χ1v) is 9.17. The number of hydrogen-bond donors (Lipinski definition) is 1. The van der Waals surface area contributed by atoms with Crippen LogP contribution in [-0.2, 0) is 9.59 Å². The lowest BCUT2D eigenvalue weighted by molar-refractivity contribution is -0.134. The fourth-order valence-corrected chi connectivity index (χ4v) is 4.30. The van der Waals surface area contributed by atoms with Gasteiger partial charge in [-0.15, -0.1) is 12.4 Å². The van der Waals surface area contributed by atoms with E-state index in [0.717, 1.165) is 36.8 Å². The maximum Gasteiger partial charge on any atom is 0.265 e. The number of nitrogens with zero attached hydrogens (tertiary/aromatic N) is 2. The number of hydrogen-bond acceptors (Lipinski definition) is 4. The van der Waals surface area contributed by atoms with Crippen molar-refractivity contribution in [2.24, 2.45) is 0 Å². The zero-order valence-electron chi connectivity index (χ0n) is 13.7. The number of rotatable bonds is 2. The van der Waals surface area contributed by atoms with Crippen LogP contribution in [0, 0.1) is 0 Å². The summed E-state index contributed by atoms with van der Waals surface area (Å²) in [7, 11) is 0. The fraction of sp³-hybridized carbons (Fsp3) is 0.529. The summed E-state index contributed by atoms with van der Waals surface area (Å²) >= 11 is 3.41. The van der Waals surface area contributed by atoms with Gasteiger partial charge in [-0.3, -0.25) is 14.5 Å². The van der Waals surface area contributed by atoms with Crippen molar-refractivity contribution in [1.29, 1.82) is 0 Å². The van der Waals surface area contributed by atoms with E-state index in [2.05, 4.69) is 21.2 Å². The number of fused-ring (bicyclic) bond motifs is 3. The third kappa shape index (κ3) is 3.50. The Morgan fingerprint density at radius 1 is 1.28 bits per heavy atom. The van der Waals surface area contributed by atoms with Crippen molar-refractivity contribution in [2.45, 2.75) is 31.3 Å². The second-order valence-corrected chi connectivity index (χ2v) is 7.48. The SMILES string of the molecule is Cl.O=C1COc2cc(Br)ccc2N1CC(=O)N1C2CCNCC1CC2. The molecule has 2 atom stereocenters. The standard InChI is InChI=1S/C17H20BrN3O3.ClH/c18-11-1-4-14-15(7-11)24-10-17(23)20(14)9-16(22)21-12-2-3-13(21)8-19-6-5-12;/h1,4,7,12-13,19H,2-3,5-6,8-10H2;1H. The van der Waals surface area contributed by atoms with Crippen molar-refractivity contribution in [3.63, 3.8) is 0 Å². The minimum Gasteiger partial charge on any atom is -0.482 e. The van der Waals surface area contributed by atoms with Crippen LogP contribution >= 0.6 is 28.3 Å². The van der Waals surface area contributed by atoms with Gasteiger partial charge in [-0.2, -0.15) is 0 Å². The van der Waals surface area contributed by atoms with Gasteiger partial charge >= 0.3 is 0 Å². The third-order valence-corrected chi connectivity index (χ3v) is 5.59. The van der Waals surface area contributed by atoms with Gasteiger partial charge in [0.05, 0.1) is 5.69 Å². The molecule has 0 spiro atoms. The van der Waals surface area contributed by atoms with Gasteiger partial charge in [-0.05, 0) is 44.0 Å². The van der Waals surface area contributed by atoms with Crippen molar-refractivity contribution in [3.05, 3.63) is 22.7 Å². The monoisotopic (exact) mass is 429 g/mol. The fourth-order valence-electron chi connectivity index (χ4n) is 3.96. The molecule has 2 saturated heterocycles. The predicted octanol–water partition coefficient (Wildman–Crippen LogP) is 1.95. The number of carbonyl (C=O) groups is 2. The van der Waals surface area contributed by atoms with Gasteiger partial charge < -0.3 is 15.0 Å². The molecular weight excluding hydrogens is 410 g/mol. The largest absolute Gasteiger partial charge is 0.482 e. The van der Waals surface area contributed by atoms with Gasteiger partial charge in [0.15, 0.2) is 6.61 Å². The Balaban J connectivity index is 0.00000182. The quantitative estimate of drug-likeness (QED) is 0.779. The molecular formula is C17H21BrClN3O3. The van der Waals surface area contributed by atoms with Crippen LogP contribution < -0.4 is 15.0 Å². The van der Waals surface area contributed by atoms with Crippen LogP contribution in [0.2, 0.25) is 0 Å². The molecule has 2 amide bonds. The summed E-state index contributed by atoms with van der Waals surface area (Å²) in [6, 6.07) is 6.07. The highest BCUT2D eigenvalue weighted by atomic mass is 79.9. The highest BCUT2D eigenvalue weighted by Crippen LogP contribution is 2.35. The van der Waals surface area contributed by atoms with E-state index in [-0.39, 0.29) is 43.4 Å². The van der Waals surface area contributed by atoms with Crippen molar-refractivity contribution in [1.82, 2.24) is 10.2 Å². The van der Waals surface area contributed by atoms with Crippen LogP contribution in [0.15, 0.2) is 22.7 Å². The molecule has 3 aliphatic heterocycles. The molecule has 136 valence electrons. The van der Waals surface area contributed by atoms with E-state index in [1.807, 2.05) is 23.1 Å². The molecule has 1 aromatic carbocycles. The molecule has 3 heterocycles.